The highest BCUT2D eigenvalue weighted by molar-refractivity contribution is 6.31. The molecule has 1 aliphatic rings. The highest BCUT2D eigenvalue weighted by Crippen LogP contribution is 2.38. The van der Waals surface area contributed by atoms with Crippen molar-refractivity contribution in [3.63, 3.8) is 0 Å². The van der Waals surface area contributed by atoms with Crippen molar-refractivity contribution in [1.82, 2.24) is 5.06 Å². The molecule has 0 amide bonds. The van der Waals surface area contributed by atoms with Gasteiger partial charge in [0.15, 0.2) is 0 Å². The molecule has 1 fully saturated rings. The van der Waals surface area contributed by atoms with Gasteiger partial charge >= 0.3 is 0 Å². The topological polar surface area (TPSA) is 32.7 Å². The Balaban J connectivity index is 2.33. The predicted octanol–water partition coefficient (Wildman–Crippen LogP) is 4.21. The van der Waals surface area contributed by atoms with Crippen LogP contribution in [0.25, 0.3) is 0 Å². The average molecular weight is 324 g/mol. The van der Waals surface area contributed by atoms with Gasteiger partial charge in [-0.05, 0) is 29.7 Å². The third-order valence-electron chi connectivity index (χ3n) is 4.50. The van der Waals surface area contributed by atoms with E-state index in [0.717, 1.165) is 27.4 Å². The molecule has 4 heteroatoms. The summed E-state index contributed by atoms with van der Waals surface area (Å²) in [6, 6.07) is 4.05. The van der Waals surface area contributed by atoms with Gasteiger partial charge in [0.05, 0.1) is 19.8 Å². The molecule has 1 aliphatic heterocycles. The third kappa shape index (κ3) is 3.17. The zero-order valence-corrected chi connectivity index (χ0v) is 14.9. The Hall–Kier alpha value is -1.03. The van der Waals surface area contributed by atoms with E-state index in [4.69, 9.17) is 16.4 Å². The molecule has 122 valence electrons. The molecule has 0 aromatic heterocycles. The van der Waals surface area contributed by atoms with Gasteiger partial charge in [-0.15, -0.1) is 0 Å². The lowest BCUT2D eigenvalue weighted by Crippen LogP contribution is -2.24. The molecule has 1 aromatic rings. The molecule has 0 atom stereocenters. The SMILES string of the molecule is C=C1N(Cc2cc(C(C)(C)CO)c(C)cc2Cl)OCC1(C)C. The highest BCUT2D eigenvalue weighted by atomic mass is 35.5. The van der Waals surface area contributed by atoms with Crippen molar-refractivity contribution in [2.75, 3.05) is 13.2 Å². The van der Waals surface area contributed by atoms with Crippen LogP contribution in [0.1, 0.15) is 44.4 Å². The van der Waals surface area contributed by atoms with Crippen LogP contribution in [0.3, 0.4) is 0 Å². The lowest BCUT2D eigenvalue weighted by Gasteiger charge is -2.27. The van der Waals surface area contributed by atoms with Gasteiger partial charge in [-0.2, -0.15) is 0 Å². The van der Waals surface area contributed by atoms with Gasteiger partial charge in [0.1, 0.15) is 0 Å². The van der Waals surface area contributed by atoms with E-state index in [1.807, 2.05) is 31.9 Å². The Morgan fingerprint density at radius 3 is 2.55 bits per heavy atom. The van der Waals surface area contributed by atoms with Gasteiger partial charge in [0.25, 0.3) is 0 Å². The van der Waals surface area contributed by atoms with Crippen molar-refractivity contribution in [2.45, 2.75) is 46.6 Å². The second kappa shape index (κ2) is 5.88. The summed E-state index contributed by atoms with van der Waals surface area (Å²) in [6.07, 6.45) is 0. The number of nitrogens with zero attached hydrogens (tertiary/aromatic N) is 1. The summed E-state index contributed by atoms with van der Waals surface area (Å²) in [5.41, 5.74) is 3.80. The molecular formula is C18H26ClNO2. The van der Waals surface area contributed by atoms with Crippen LogP contribution in [0.15, 0.2) is 24.4 Å². The Morgan fingerprint density at radius 2 is 2.05 bits per heavy atom. The smallest absolute Gasteiger partial charge is 0.0854 e. The maximum atomic E-state index is 9.64. The summed E-state index contributed by atoms with van der Waals surface area (Å²) in [7, 11) is 0. The molecule has 0 radical (unpaired) electrons. The molecule has 1 aromatic carbocycles. The molecule has 2 rings (SSSR count). The fraction of sp³-hybridized carbons (Fsp3) is 0.556. The first-order chi connectivity index (χ1) is 10.1. The number of hydrogen-bond donors (Lipinski definition) is 1. The Labute approximate surface area is 138 Å². The lowest BCUT2D eigenvalue weighted by molar-refractivity contribution is -0.101. The molecule has 0 aliphatic carbocycles. The molecule has 0 bridgehead atoms. The molecule has 0 spiro atoms. The standard InChI is InChI=1S/C18H26ClNO2/c1-12-7-16(19)14(8-15(12)17(3,4)10-21)9-20-13(2)18(5,6)11-22-20/h7-8,21H,2,9-11H2,1,3-6H3. The van der Waals surface area contributed by atoms with E-state index in [1.165, 1.54) is 0 Å². The van der Waals surface area contributed by atoms with Gasteiger partial charge in [-0.3, -0.25) is 9.90 Å². The molecular weight excluding hydrogens is 298 g/mol. The minimum Gasteiger partial charge on any atom is -0.395 e. The molecule has 0 saturated carbocycles. The first-order valence-electron chi connectivity index (χ1n) is 7.59. The van der Waals surface area contributed by atoms with Crippen molar-refractivity contribution in [2.24, 2.45) is 5.41 Å². The van der Waals surface area contributed by atoms with E-state index in [2.05, 4.69) is 26.5 Å². The predicted molar refractivity (Wildman–Crippen MR) is 90.7 cm³/mol. The highest BCUT2D eigenvalue weighted by Gasteiger charge is 2.35. The van der Waals surface area contributed by atoms with Crippen molar-refractivity contribution in [3.8, 4) is 0 Å². The summed E-state index contributed by atoms with van der Waals surface area (Å²) in [4.78, 5) is 5.75. The van der Waals surface area contributed by atoms with Gasteiger partial charge in [0.2, 0.25) is 0 Å². The van der Waals surface area contributed by atoms with Crippen LogP contribution >= 0.6 is 11.6 Å². The number of aliphatic hydroxyl groups excluding tert-OH is 1. The largest absolute Gasteiger partial charge is 0.395 e. The molecule has 1 heterocycles. The molecule has 1 saturated heterocycles. The van der Waals surface area contributed by atoms with Crippen molar-refractivity contribution >= 4 is 11.6 Å². The minimum atomic E-state index is -0.300. The number of aryl methyl sites for hydroxylation is 1. The Bertz CT molecular complexity index is 593. The molecule has 0 unspecified atom stereocenters. The number of halogens is 1. The molecule has 3 nitrogen and oxygen atoms in total. The van der Waals surface area contributed by atoms with Crippen molar-refractivity contribution < 1.29 is 9.94 Å². The van der Waals surface area contributed by atoms with E-state index < -0.39 is 0 Å². The summed E-state index contributed by atoms with van der Waals surface area (Å²) >= 11 is 6.42. The van der Waals surface area contributed by atoms with Crippen LogP contribution in [-0.2, 0) is 16.8 Å². The second-order valence-corrected chi connectivity index (χ2v) is 7.85. The number of benzene rings is 1. The average Bonchev–Trinajstić information content (AvgIpc) is 2.68. The van der Waals surface area contributed by atoms with Crippen molar-refractivity contribution in [1.29, 1.82) is 0 Å². The van der Waals surface area contributed by atoms with Gasteiger partial charge in [0, 0.05) is 21.5 Å². The zero-order valence-electron chi connectivity index (χ0n) is 14.2. The first kappa shape index (κ1) is 17.3. The maximum Gasteiger partial charge on any atom is 0.0854 e. The van der Waals surface area contributed by atoms with Crippen LogP contribution < -0.4 is 0 Å². The quantitative estimate of drug-likeness (QED) is 0.901. The normalized spacial score (nSPS) is 18.1. The van der Waals surface area contributed by atoms with Crippen molar-refractivity contribution in [3.05, 3.63) is 46.1 Å². The van der Waals surface area contributed by atoms with E-state index in [0.29, 0.717) is 13.2 Å². The van der Waals surface area contributed by atoms with Crippen LogP contribution in [0, 0.1) is 12.3 Å². The van der Waals surface area contributed by atoms with E-state index >= 15 is 0 Å². The van der Waals surface area contributed by atoms with E-state index in [-0.39, 0.29) is 17.4 Å². The fourth-order valence-electron chi connectivity index (χ4n) is 2.69. The second-order valence-electron chi connectivity index (χ2n) is 7.44. The maximum absolute atomic E-state index is 9.64. The van der Waals surface area contributed by atoms with E-state index in [9.17, 15) is 5.11 Å². The van der Waals surface area contributed by atoms with Crippen LogP contribution in [0.4, 0.5) is 0 Å². The van der Waals surface area contributed by atoms with Gasteiger partial charge < -0.3 is 5.11 Å². The summed E-state index contributed by atoms with van der Waals surface area (Å²) in [5.74, 6) is 0. The molecule has 1 N–H and O–H groups in total. The summed E-state index contributed by atoms with van der Waals surface area (Å²) in [5, 5.41) is 12.2. The fourth-order valence-corrected chi connectivity index (χ4v) is 2.96. The van der Waals surface area contributed by atoms with E-state index in [1.54, 1.807) is 0 Å². The zero-order chi connectivity index (χ0) is 16.7. The number of rotatable bonds is 4. The number of hydrogen-bond acceptors (Lipinski definition) is 3. The number of aliphatic hydroxyl groups is 1. The summed E-state index contributed by atoms with van der Waals surface area (Å²) in [6.45, 7) is 15.7. The Kier molecular flexibility index (Phi) is 4.63. The monoisotopic (exact) mass is 323 g/mol. The van der Waals surface area contributed by atoms with Crippen LogP contribution in [0.5, 0.6) is 0 Å². The minimum absolute atomic E-state index is 0.0512. The lowest BCUT2D eigenvalue weighted by atomic mass is 9.82. The number of hydroxylamine groups is 2. The van der Waals surface area contributed by atoms with Crippen LogP contribution in [-0.4, -0.2) is 23.4 Å². The van der Waals surface area contributed by atoms with Crippen LogP contribution in [0.2, 0.25) is 5.02 Å². The van der Waals surface area contributed by atoms with Gasteiger partial charge in [-0.25, -0.2) is 0 Å². The summed E-state index contributed by atoms with van der Waals surface area (Å²) < 4.78 is 0. The first-order valence-corrected chi connectivity index (χ1v) is 7.96. The van der Waals surface area contributed by atoms with Gasteiger partial charge in [-0.1, -0.05) is 51.9 Å². The Morgan fingerprint density at radius 1 is 1.41 bits per heavy atom. The molecule has 22 heavy (non-hydrogen) atoms. The third-order valence-corrected chi connectivity index (χ3v) is 4.85.